The molecule has 0 saturated heterocycles. The summed E-state index contributed by atoms with van der Waals surface area (Å²) in [5.41, 5.74) is 0.809. The Morgan fingerprint density at radius 3 is 2.68 bits per heavy atom. The Kier molecular flexibility index (Phi) is 3.50. The zero-order valence-electron chi connectivity index (χ0n) is 11.9. The highest BCUT2D eigenvalue weighted by atomic mass is 32.2. The van der Waals surface area contributed by atoms with E-state index in [4.69, 9.17) is 0 Å². The van der Waals surface area contributed by atoms with Gasteiger partial charge in [-0.2, -0.15) is 0 Å². The first-order chi connectivity index (χ1) is 10.4. The summed E-state index contributed by atoms with van der Waals surface area (Å²) >= 11 is 1.28. The van der Waals surface area contributed by atoms with Crippen LogP contribution in [0.15, 0.2) is 45.5 Å². The van der Waals surface area contributed by atoms with Gasteiger partial charge in [0, 0.05) is 11.6 Å². The molecule has 0 fully saturated rings. The number of aromatic nitrogens is 2. The van der Waals surface area contributed by atoms with E-state index in [1.165, 1.54) is 28.9 Å². The second kappa shape index (κ2) is 5.22. The zero-order chi connectivity index (χ0) is 15.9. The summed E-state index contributed by atoms with van der Waals surface area (Å²) in [4.78, 5) is 16.8. The highest BCUT2D eigenvalue weighted by Crippen LogP contribution is 2.19. The normalized spacial score (nSPS) is 11.7. The lowest BCUT2D eigenvalue weighted by molar-refractivity contribution is 0.598. The molecule has 0 radical (unpaired) electrons. The zero-order valence-corrected chi connectivity index (χ0v) is 13.5. The SMILES string of the molecule is Cc1ccccc1NS(=O)(=O)c1c(C)nc2sccn2c1=O. The van der Waals surface area contributed by atoms with Crippen LogP contribution in [0.5, 0.6) is 0 Å². The third-order valence-electron chi connectivity index (χ3n) is 3.25. The predicted molar refractivity (Wildman–Crippen MR) is 86.1 cm³/mol. The summed E-state index contributed by atoms with van der Waals surface area (Å²) in [5.74, 6) is 0. The minimum atomic E-state index is -4.01. The average Bonchev–Trinajstić information content (AvgIpc) is 2.89. The number of aryl methyl sites for hydroxylation is 2. The van der Waals surface area contributed by atoms with Gasteiger partial charge in [-0.3, -0.25) is 13.9 Å². The molecule has 0 aliphatic carbocycles. The molecule has 8 heteroatoms. The van der Waals surface area contributed by atoms with Crippen molar-refractivity contribution in [2.24, 2.45) is 0 Å². The molecule has 0 aliphatic heterocycles. The number of para-hydroxylation sites is 1. The fraction of sp³-hybridized carbons (Fsp3) is 0.143. The number of thiazole rings is 1. The topological polar surface area (TPSA) is 80.5 Å². The van der Waals surface area contributed by atoms with Crippen LogP contribution in [0.1, 0.15) is 11.3 Å². The Morgan fingerprint density at radius 2 is 1.95 bits per heavy atom. The number of nitrogens with one attached hydrogen (secondary N) is 1. The molecule has 0 atom stereocenters. The van der Waals surface area contributed by atoms with Crippen LogP contribution in [0.3, 0.4) is 0 Å². The van der Waals surface area contributed by atoms with E-state index < -0.39 is 15.6 Å². The number of anilines is 1. The first-order valence-electron chi connectivity index (χ1n) is 6.45. The summed E-state index contributed by atoms with van der Waals surface area (Å²) in [6.45, 7) is 3.31. The van der Waals surface area contributed by atoms with Gasteiger partial charge in [0.2, 0.25) is 0 Å². The quantitative estimate of drug-likeness (QED) is 0.795. The molecule has 0 amide bonds. The van der Waals surface area contributed by atoms with E-state index in [0.717, 1.165) is 5.56 Å². The molecule has 0 spiro atoms. The van der Waals surface area contributed by atoms with Gasteiger partial charge in [0.05, 0.1) is 11.4 Å². The molecule has 0 bridgehead atoms. The van der Waals surface area contributed by atoms with E-state index in [1.54, 1.807) is 30.5 Å². The number of hydrogen-bond donors (Lipinski definition) is 1. The molecule has 3 rings (SSSR count). The molecule has 0 saturated carbocycles. The fourth-order valence-corrected chi connectivity index (χ4v) is 4.29. The minimum absolute atomic E-state index is 0.188. The Labute approximate surface area is 131 Å². The maximum absolute atomic E-state index is 12.6. The Balaban J connectivity index is 2.18. The first kappa shape index (κ1) is 14.7. The number of rotatable bonds is 3. The van der Waals surface area contributed by atoms with E-state index in [2.05, 4.69) is 9.71 Å². The monoisotopic (exact) mass is 335 g/mol. The molecule has 22 heavy (non-hydrogen) atoms. The molecular weight excluding hydrogens is 322 g/mol. The van der Waals surface area contributed by atoms with Gasteiger partial charge in [0.25, 0.3) is 15.6 Å². The average molecular weight is 335 g/mol. The Hall–Kier alpha value is -2.19. The van der Waals surface area contributed by atoms with Crippen LogP contribution in [0.2, 0.25) is 0 Å². The van der Waals surface area contributed by atoms with Gasteiger partial charge in [0.15, 0.2) is 9.86 Å². The molecule has 3 aromatic rings. The summed E-state index contributed by atoms with van der Waals surface area (Å²) < 4.78 is 28.9. The number of sulfonamides is 1. The molecule has 1 N–H and O–H groups in total. The number of fused-ring (bicyclic) bond motifs is 1. The second-order valence-corrected chi connectivity index (χ2v) is 7.30. The Morgan fingerprint density at radius 1 is 1.23 bits per heavy atom. The molecular formula is C14H13N3O3S2. The van der Waals surface area contributed by atoms with Gasteiger partial charge >= 0.3 is 0 Å². The van der Waals surface area contributed by atoms with Crippen LogP contribution in [0.4, 0.5) is 5.69 Å². The molecule has 6 nitrogen and oxygen atoms in total. The van der Waals surface area contributed by atoms with Crippen molar-refractivity contribution in [3.05, 3.63) is 57.5 Å². The minimum Gasteiger partial charge on any atom is -0.279 e. The lowest BCUT2D eigenvalue weighted by Gasteiger charge is -2.11. The van der Waals surface area contributed by atoms with E-state index >= 15 is 0 Å². The number of benzene rings is 1. The van der Waals surface area contributed by atoms with E-state index in [1.807, 2.05) is 6.07 Å². The molecule has 2 aromatic heterocycles. The fourth-order valence-electron chi connectivity index (χ4n) is 2.16. The van der Waals surface area contributed by atoms with Crippen molar-refractivity contribution in [1.29, 1.82) is 0 Å². The summed E-state index contributed by atoms with van der Waals surface area (Å²) in [6.07, 6.45) is 1.52. The van der Waals surface area contributed by atoms with Crippen molar-refractivity contribution >= 4 is 32.0 Å². The van der Waals surface area contributed by atoms with Crippen molar-refractivity contribution < 1.29 is 8.42 Å². The third kappa shape index (κ3) is 2.40. The van der Waals surface area contributed by atoms with Gasteiger partial charge in [-0.05, 0) is 25.5 Å². The second-order valence-electron chi connectivity index (χ2n) is 4.81. The third-order valence-corrected chi connectivity index (χ3v) is 5.51. The van der Waals surface area contributed by atoms with Gasteiger partial charge in [-0.25, -0.2) is 13.4 Å². The maximum Gasteiger partial charge on any atom is 0.279 e. The summed E-state index contributed by atoms with van der Waals surface area (Å²) in [5, 5.41) is 1.69. The van der Waals surface area contributed by atoms with Crippen molar-refractivity contribution in [3.8, 4) is 0 Å². The lowest BCUT2D eigenvalue weighted by Crippen LogP contribution is -2.27. The van der Waals surface area contributed by atoms with Gasteiger partial charge < -0.3 is 0 Å². The highest BCUT2D eigenvalue weighted by Gasteiger charge is 2.24. The van der Waals surface area contributed by atoms with E-state index in [0.29, 0.717) is 10.6 Å². The largest absolute Gasteiger partial charge is 0.279 e. The van der Waals surface area contributed by atoms with E-state index in [9.17, 15) is 13.2 Å². The molecule has 0 aliphatic rings. The highest BCUT2D eigenvalue weighted by molar-refractivity contribution is 7.92. The molecule has 0 unspecified atom stereocenters. The van der Waals surface area contributed by atoms with Gasteiger partial charge in [-0.15, -0.1) is 11.3 Å². The van der Waals surface area contributed by atoms with Crippen molar-refractivity contribution in [2.45, 2.75) is 18.7 Å². The van der Waals surface area contributed by atoms with Crippen LogP contribution in [0, 0.1) is 13.8 Å². The number of hydrogen-bond acceptors (Lipinski definition) is 5. The molecule has 114 valence electrons. The van der Waals surface area contributed by atoms with Crippen LogP contribution < -0.4 is 10.3 Å². The standard InChI is InChI=1S/C14H13N3O3S2/c1-9-5-3-4-6-11(9)16-22(19,20)12-10(2)15-14-17(13(12)18)7-8-21-14/h3-8,16H,1-2H3. The van der Waals surface area contributed by atoms with Crippen molar-refractivity contribution in [3.63, 3.8) is 0 Å². The smallest absolute Gasteiger partial charge is 0.279 e. The van der Waals surface area contributed by atoms with Crippen molar-refractivity contribution in [2.75, 3.05) is 4.72 Å². The maximum atomic E-state index is 12.6. The number of nitrogens with zero attached hydrogens (tertiary/aromatic N) is 2. The van der Waals surface area contributed by atoms with E-state index in [-0.39, 0.29) is 10.6 Å². The van der Waals surface area contributed by atoms with Crippen LogP contribution in [0.25, 0.3) is 4.96 Å². The van der Waals surface area contributed by atoms with Crippen LogP contribution in [-0.4, -0.2) is 17.8 Å². The van der Waals surface area contributed by atoms with Crippen LogP contribution >= 0.6 is 11.3 Å². The van der Waals surface area contributed by atoms with Crippen LogP contribution in [-0.2, 0) is 10.0 Å². The van der Waals surface area contributed by atoms with Gasteiger partial charge in [0.1, 0.15) is 0 Å². The molecule has 2 heterocycles. The first-order valence-corrected chi connectivity index (χ1v) is 8.81. The lowest BCUT2D eigenvalue weighted by atomic mass is 10.2. The Bertz CT molecular complexity index is 1020. The van der Waals surface area contributed by atoms with Crippen molar-refractivity contribution in [1.82, 2.24) is 9.38 Å². The summed E-state index contributed by atoms with van der Waals surface area (Å²) in [7, 11) is -4.01. The molecule has 1 aromatic carbocycles. The van der Waals surface area contributed by atoms with Gasteiger partial charge in [-0.1, -0.05) is 18.2 Å². The summed E-state index contributed by atoms with van der Waals surface area (Å²) in [6, 6.07) is 6.98. The predicted octanol–water partition coefficient (Wildman–Crippen LogP) is 2.17.